The SMILES string of the molecule is CCNC1CCN(c2ncnc3ccccc23)CC1. The number of rotatable bonds is 3. The summed E-state index contributed by atoms with van der Waals surface area (Å²) in [4.78, 5) is 11.2. The third-order valence-electron chi connectivity index (χ3n) is 3.81. The Hall–Kier alpha value is -1.68. The minimum atomic E-state index is 0.661. The Kier molecular flexibility index (Phi) is 3.60. The van der Waals surface area contributed by atoms with Crippen molar-refractivity contribution in [3.8, 4) is 0 Å². The lowest BCUT2D eigenvalue weighted by atomic mass is 10.0. The average Bonchev–Trinajstić information content (AvgIpc) is 2.48. The van der Waals surface area contributed by atoms with E-state index in [2.05, 4.69) is 39.2 Å². The second-order valence-electron chi connectivity index (χ2n) is 5.03. The molecule has 4 nitrogen and oxygen atoms in total. The summed E-state index contributed by atoms with van der Waals surface area (Å²) in [6, 6.07) is 8.90. The van der Waals surface area contributed by atoms with Crippen molar-refractivity contribution in [3.05, 3.63) is 30.6 Å². The summed E-state index contributed by atoms with van der Waals surface area (Å²) < 4.78 is 0. The van der Waals surface area contributed by atoms with E-state index in [4.69, 9.17) is 0 Å². The third-order valence-corrected chi connectivity index (χ3v) is 3.81. The predicted octanol–water partition coefficient (Wildman–Crippen LogP) is 2.21. The first kappa shape index (κ1) is 12.4. The van der Waals surface area contributed by atoms with Crippen LogP contribution in [0.25, 0.3) is 10.9 Å². The zero-order chi connectivity index (χ0) is 13.1. The number of aromatic nitrogens is 2. The van der Waals surface area contributed by atoms with E-state index >= 15 is 0 Å². The van der Waals surface area contributed by atoms with Gasteiger partial charge in [0, 0.05) is 24.5 Å². The van der Waals surface area contributed by atoms with Gasteiger partial charge < -0.3 is 10.2 Å². The van der Waals surface area contributed by atoms with Gasteiger partial charge in [0.15, 0.2) is 0 Å². The minimum Gasteiger partial charge on any atom is -0.356 e. The first-order valence-electron chi connectivity index (χ1n) is 7.06. The largest absolute Gasteiger partial charge is 0.356 e. The fourth-order valence-corrected chi connectivity index (χ4v) is 2.83. The van der Waals surface area contributed by atoms with Gasteiger partial charge in [-0.1, -0.05) is 19.1 Å². The van der Waals surface area contributed by atoms with Crippen molar-refractivity contribution in [2.75, 3.05) is 24.5 Å². The molecule has 1 fully saturated rings. The Bertz CT molecular complexity index is 541. The van der Waals surface area contributed by atoms with Gasteiger partial charge in [-0.3, -0.25) is 0 Å². The van der Waals surface area contributed by atoms with Crippen LogP contribution in [-0.2, 0) is 0 Å². The Morgan fingerprint density at radius 2 is 2.00 bits per heavy atom. The third kappa shape index (κ3) is 2.54. The van der Waals surface area contributed by atoms with Crippen LogP contribution in [0.2, 0.25) is 0 Å². The molecular formula is C15H20N4. The summed E-state index contributed by atoms with van der Waals surface area (Å²) in [5, 5.41) is 4.69. The number of hydrogen-bond donors (Lipinski definition) is 1. The first-order valence-corrected chi connectivity index (χ1v) is 7.06. The highest BCUT2D eigenvalue weighted by Crippen LogP contribution is 2.25. The van der Waals surface area contributed by atoms with Gasteiger partial charge in [-0.05, 0) is 31.5 Å². The number of para-hydroxylation sites is 1. The Balaban J connectivity index is 1.82. The Morgan fingerprint density at radius 1 is 1.21 bits per heavy atom. The van der Waals surface area contributed by atoms with E-state index in [-0.39, 0.29) is 0 Å². The maximum Gasteiger partial charge on any atom is 0.139 e. The molecule has 0 unspecified atom stereocenters. The number of nitrogens with zero attached hydrogens (tertiary/aromatic N) is 3. The van der Waals surface area contributed by atoms with Crippen LogP contribution in [0.1, 0.15) is 19.8 Å². The highest BCUT2D eigenvalue weighted by Gasteiger charge is 2.20. The topological polar surface area (TPSA) is 41.0 Å². The number of hydrogen-bond acceptors (Lipinski definition) is 4. The van der Waals surface area contributed by atoms with Crippen LogP contribution < -0.4 is 10.2 Å². The van der Waals surface area contributed by atoms with Crippen molar-refractivity contribution in [2.24, 2.45) is 0 Å². The van der Waals surface area contributed by atoms with Gasteiger partial charge in [-0.2, -0.15) is 0 Å². The molecule has 1 N–H and O–H groups in total. The molecule has 1 aliphatic heterocycles. The second-order valence-corrected chi connectivity index (χ2v) is 5.03. The summed E-state index contributed by atoms with van der Waals surface area (Å²) in [5.74, 6) is 1.08. The summed E-state index contributed by atoms with van der Waals surface area (Å²) in [6.45, 7) is 5.36. The van der Waals surface area contributed by atoms with E-state index in [0.29, 0.717) is 6.04 Å². The molecule has 0 radical (unpaired) electrons. The van der Waals surface area contributed by atoms with Crippen molar-refractivity contribution < 1.29 is 0 Å². The maximum atomic E-state index is 4.50. The maximum absolute atomic E-state index is 4.50. The molecule has 0 aliphatic carbocycles. The van der Waals surface area contributed by atoms with Crippen molar-refractivity contribution >= 4 is 16.7 Å². The van der Waals surface area contributed by atoms with E-state index in [9.17, 15) is 0 Å². The van der Waals surface area contributed by atoms with Crippen LogP contribution in [0.3, 0.4) is 0 Å². The zero-order valence-corrected chi connectivity index (χ0v) is 11.3. The van der Waals surface area contributed by atoms with Gasteiger partial charge in [-0.15, -0.1) is 0 Å². The predicted molar refractivity (Wildman–Crippen MR) is 78.4 cm³/mol. The Labute approximate surface area is 113 Å². The van der Waals surface area contributed by atoms with Gasteiger partial charge in [0.05, 0.1) is 5.52 Å². The molecule has 100 valence electrons. The lowest BCUT2D eigenvalue weighted by Gasteiger charge is -2.33. The standard InChI is InChI=1S/C15H20N4/c1-2-16-12-7-9-19(10-8-12)15-13-5-3-4-6-14(13)17-11-18-15/h3-6,11-12,16H,2,7-10H2,1H3. The molecule has 0 atom stereocenters. The van der Waals surface area contributed by atoms with Crippen LogP contribution >= 0.6 is 0 Å². The van der Waals surface area contributed by atoms with Crippen molar-refractivity contribution in [2.45, 2.75) is 25.8 Å². The molecule has 4 heteroatoms. The molecule has 1 saturated heterocycles. The van der Waals surface area contributed by atoms with Crippen molar-refractivity contribution in [1.82, 2.24) is 15.3 Å². The molecule has 1 aromatic carbocycles. The lowest BCUT2D eigenvalue weighted by Crippen LogP contribution is -2.42. The summed E-state index contributed by atoms with van der Waals surface area (Å²) in [7, 11) is 0. The minimum absolute atomic E-state index is 0.661. The molecular weight excluding hydrogens is 236 g/mol. The highest BCUT2D eigenvalue weighted by atomic mass is 15.2. The molecule has 2 aromatic rings. The van der Waals surface area contributed by atoms with Gasteiger partial charge in [0.1, 0.15) is 12.1 Å². The molecule has 19 heavy (non-hydrogen) atoms. The van der Waals surface area contributed by atoms with E-state index in [1.54, 1.807) is 6.33 Å². The first-order chi connectivity index (χ1) is 9.38. The molecule has 3 rings (SSSR count). The second kappa shape index (κ2) is 5.53. The average molecular weight is 256 g/mol. The monoisotopic (exact) mass is 256 g/mol. The van der Waals surface area contributed by atoms with E-state index in [1.807, 2.05) is 12.1 Å². The molecule has 0 bridgehead atoms. The van der Waals surface area contributed by atoms with Crippen molar-refractivity contribution in [3.63, 3.8) is 0 Å². The molecule has 0 saturated carbocycles. The van der Waals surface area contributed by atoms with Crippen LogP contribution in [0, 0.1) is 0 Å². The van der Waals surface area contributed by atoms with Crippen LogP contribution in [0.4, 0.5) is 5.82 Å². The molecule has 1 aliphatic rings. The Morgan fingerprint density at radius 3 is 2.79 bits per heavy atom. The van der Waals surface area contributed by atoms with Crippen LogP contribution in [-0.4, -0.2) is 35.6 Å². The normalized spacial score (nSPS) is 17.0. The van der Waals surface area contributed by atoms with E-state index in [1.165, 1.54) is 12.8 Å². The van der Waals surface area contributed by atoms with E-state index < -0.39 is 0 Å². The number of benzene rings is 1. The number of anilines is 1. The number of nitrogens with one attached hydrogen (secondary N) is 1. The fourth-order valence-electron chi connectivity index (χ4n) is 2.83. The van der Waals surface area contributed by atoms with Gasteiger partial charge >= 0.3 is 0 Å². The highest BCUT2D eigenvalue weighted by molar-refractivity contribution is 5.89. The van der Waals surface area contributed by atoms with Gasteiger partial charge in [-0.25, -0.2) is 9.97 Å². The molecule has 0 spiro atoms. The van der Waals surface area contributed by atoms with Crippen LogP contribution in [0.5, 0.6) is 0 Å². The van der Waals surface area contributed by atoms with Crippen molar-refractivity contribution in [1.29, 1.82) is 0 Å². The lowest BCUT2D eigenvalue weighted by molar-refractivity contribution is 0.423. The van der Waals surface area contributed by atoms with Gasteiger partial charge in [0.2, 0.25) is 0 Å². The van der Waals surface area contributed by atoms with Crippen LogP contribution in [0.15, 0.2) is 30.6 Å². The number of piperidine rings is 1. The summed E-state index contributed by atoms with van der Waals surface area (Å²) in [5.41, 5.74) is 1.03. The van der Waals surface area contributed by atoms with Gasteiger partial charge in [0.25, 0.3) is 0 Å². The quantitative estimate of drug-likeness (QED) is 0.914. The van der Waals surface area contributed by atoms with E-state index in [0.717, 1.165) is 36.4 Å². The molecule has 1 aromatic heterocycles. The molecule has 2 heterocycles. The molecule has 0 amide bonds. The fraction of sp³-hybridized carbons (Fsp3) is 0.467. The smallest absolute Gasteiger partial charge is 0.139 e. The zero-order valence-electron chi connectivity index (χ0n) is 11.3. The summed E-state index contributed by atoms with van der Waals surface area (Å²) >= 11 is 0. The number of fused-ring (bicyclic) bond motifs is 1. The summed E-state index contributed by atoms with van der Waals surface area (Å²) in [6.07, 6.45) is 4.05.